The summed E-state index contributed by atoms with van der Waals surface area (Å²) in [5.74, 6) is 0.112. The number of benzene rings is 1. The third-order valence-corrected chi connectivity index (χ3v) is 5.69. The SMILES string of the molecule is O=C(c1ccc2ncsc2c1)N1CCCN(CCn2cc(Cl)cn2)CC1. The zero-order valence-corrected chi connectivity index (χ0v) is 15.9. The number of fused-ring (bicyclic) bond motifs is 1. The van der Waals surface area contributed by atoms with Gasteiger partial charge in [-0.3, -0.25) is 14.4 Å². The standard InChI is InChI=1S/C18H20ClN5OS/c19-15-11-21-24(12-15)9-7-22-4-1-5-23(8-6-22)18(25)14-2-3-16-17(10-14)26-13-20-16/h2-3,10-13H,1,4-9H2. The number of hydrogen-bond donors (Lipinski definition) is 0. The number of hydrogen-bond acceptors (Lipinski definition) is 5. The number of amides is 1. The molecule has 2 aromatic heterocycles. The molecule has 1 aliphatic rings. The van der Waals surface area contributed by atoms with Crippen LogP contribution in [0.3, 0.4) is 0 Å². The third kappa shape index (κ3) is 3.90. The first kappa shape index (κ1) is 17.5. The molecule has 26 heavy (non-hydrogen) atoms. The normalized spacial score (nSPS) is 16.1. The van der Waals surface area contributed by atoms with Gasteiger partial charge in [0.25, 0.3) is 5.91 Å². The van der Waals surface area contributed by atoms with Crippen LogP contribution < -0.4 is 0 Å². The second-order valence-corrected chi connectivity index (χ2v) is 7.77. The van der Waals surface area contributed by atoms with Crippen molar-refractivity contribution < 1.29 is 4.79 Å². The molecule has 1 fully saturated rings. The molecule has 0 aliphatic carbocycles. The predicted octanol–water partition coefficient (Wildman–Crippen LogP) is 2.99. The van der Waals surface area contributed by atoms with Gasteiger partial charge in [0, 0.05) is 37.9 Å². The van der Waals surface area contributed by atoms with Gasteiger partial charge in [0.05, 0.1) is 33.5 Å². The van der Waals surface area contributed by atoms with Gasteiger partial charge in [0.15, 0.2) is 0 Å². The highest BCUT2D eigenvalue weighted by Crippen LogP contribution is 2.20. The molecule has 136 valence electrons. The van der Waals surface area contributed by atoms with Crippen LogP contribution in [0, 0.1) is 0 Å². The number of thiazole rings is 1. The monoisotopic (exact) mass is 389 g/mol. The van der Waals surface area contributed by atoms with E-state index in [2.05, 4.69) is 15.0 Å². The lowest BCUT2D eigenvalue weighted by Gasteiger charge is -2.22. The van der Waals surface area contributed by atoms with Gasteiger partial charge in [-0.05, 0) is 31.2 Å². The molecule has 1 saturated heterocycles. The van der Waals surface area contributed by atoms with Crippen molar-refractivity contribution in [2.45, 2.75) is 13.0 Å². The summed E-state index contributed by atoms with van der Waals surface area (Å²) in [5.41, 5.74) is 3.52. The summed E-state index contributed by atoms with van der Waals surface area (Å²) in [6, 6.07) is 5.77. The van der Waals surface area contributed by atoms with E-state index >= 15 is 0 Å². The summed E-state index contributed by atoms with van der Waals surface area (Å²) in [6.07, 6.45) is 4.48. The highest BCUT2D eigenvalue weighted by molar-refractivity contribution is 7.16. The molecular formula is C18H20ClN5OS. The molecule has 1 amide bonds. The molecule has 4 rings (SSSR count). The van der Waals surface area contributed by atoms with Crippen LogP contribution in [-0.2, 0) is 6.54 Å². The Kier molecular flexibility index (Phi) is 5.19. The van der Waals surface area contributed by atoms with Gasteiger partial charge in [-0.2, -0.15) is 5.10 Å². The Morgan fingerprint density at radius 1 is 1.19 bits per heavy atom. The summed E-state index contributed by atoms with van der Waals surface area (Å²) in [6.45, 7) is 5.13. The highest BCUT2D eigenvalue weighted by atomic mass is 35.5. The van der Waals surface area contributed by atoms with Gasteiger partial charge in [0.2, 0.25) is 0 Å². The molecule has 1 aromatic carbocycles. The smallest absolute Gasteiger partial charge is 0.253 e. The molecule has 6 nitrogen and oxygen atoms in total. The lowest BCUT2D eigenvalue weighted by molar-refractivity contribution is 0.0761. The van der Waals surface area contributed by atoms with Crippen LogP contribution in [-0.4, -0.2) is 63.2 Å². The Morgan fingerprint density at radius 3 is 2.96 bits per heavy atom. The Hall–Kier alpha value is -1.96. The van der Waals surface area contributed by atoms with E-state index in [0.717, 1.165) is 61.5 Å². The van der Waals surface area contributed by atoms with Crippen LogP contribution >= 0.6 is 22.9 Å². The van der Waals surface area contributed by atoms with Crippen molar-refractivity contribution in [3.8, 4) is 0 Å². The predicted molar refractivity (Wildman–Crippen MR) is 104 cm³/mol. The largest absolute Gasteiger partial charge is 0.337 e. The topological polar surface area (TPSA) is 54.3 Å². The second kappa shape index (κ2) is 7.73. The van der Waals surface area contributed by atoms with Crippen LogP contribution in [0.25, 0.3) is 10.2 Å². The molecule has 0 bridgehead atoms. The van der Waals surface area contributed by atoms with Crippen molar-refractivity contribution in [1.82, 2.24) is 24.6 Å². The van der Waals surface area contributed by atoms with Crippen molar-refractivity contribution in [3.63, 3.8) is 0 Å². The van der Waals surface area contributed by atoms with Crippen molar-refractivity contribution in [2.75, 3.05) is 32.7 Å². The van der Waals surface area contributed by atoms with Gasteiger partial charge >= 0.3 is 0 Å². The summed E-state index contributed by atoms with van der Waals surface area (Å²) >= 11 is 7.47. The minimum absolute atomic E-state index is 0.112. The molecule has 1 aliphatic heterocycles. The van der Waals surface area contributed by atoms with E-state index in [1.807, 2.05) is 39.5 Å². The summed E-state index contributed by atoms with van der Waals surface area (Å²) in [5, 5.41) is 4.88. The van der Waals surface area contributed by atoms with E-state index < -0.39 is 0 Å². The first-order valence-corrected chi connectivity index (χ1v) is 9.98. The van der Waals surface area contributed by atoms with E-state index in [-0.39, 0.29) is 5.91 Å². The number of rotatable bonds is 4. The average molecular weight is 390 g/mol. The van der Waals surface area contributed by atoms with Gasteiger partial charge in [-0.25, -0.2) is 4.98 Å². The average Bonchev–Trinajstić information content (AvgIpc) is 3.22. The Morgan fingerprint density at radius 2 is 2.12 bits per heavy atom. The van der Waals surface area contributed by atoms with E-state index in [1.165, 1.54) is 0 Å². The van der Waals surface area contributed by atoms with E-state index in [0.29, 0.717) is 5.02 Å². The number of aromatic nitrogens is 3. The van der Waals surface area contributed by atoms with Gasteiger partial charge < -0.3 is 4.90 Å². The van der Waals surface area contributed by atoms with E-state index in [9.17, 15) is 4.79 Å². The van der Waals surface area contributed by atoms with Crippen molar-refractivity contribution >= 4 is 39.1 Å². The quantitative estimate of drug-likeness (QED) is 0.688. The third-order valence-electron chi connectivity index (χ3n) is 4.70. The van der Waals surface area contributed by atoms with E-state index in [1.54, 1.807) is 17.5 Å². The maximum atomic E-state index is 12.9. The maximum absolute atomic E-state index is 12.9. The molecular weight excluding hydrogens is 370 g/mol. The summed E-state index contributed by atoms with van der Waals surface area (Å²) in [7, 11) is 0. The molecule has 0 atom stereocenters. The zero-order chi connectivity index (χ0) is 17.9. The fraction of sp³-hybridized carbons (Fsp3) is 0.389. The van der Waals surface area contributed by atoms with Crippen molar-refractivity contribution in [3.05, 3.63) is 46.7 Å². The minimum atomic E-state index is 0.112. The van der Waals surface area contributed by atoms with Gasteiger partial charge in [0.1, 0.15) is 0 Å². The summed E-state index contributed by atoms with van der Waals surface area (Å²) in [4.78, 5) is 21.5. The molecule has 3 aromatic rings. The Bertz CT molecular complexity index is 908. The molecule has 0 spiro atoms. The first-order valence-electron chi connectivity index (χ1n) is 8.72. The van der Waals surface area contributed by atoms with Crippen LogP contribution in [0.1, 0.15) is 16.8 Å². The maximum Gasteiger partial charge on any atom is 0.253 e. The molecule has 0 unspecified atom stereocenters. The molecule has 0 N–H and O–H groups in total. The Balaban J connectivity index is 1.35. The fourth-order valence-corrected chi connectivity index (χ4v) is 4.15. The highest BCUT2D eigenvalue weighted by Gasteiger charge is 2.20. The lowest BCUT2D eigenvalue weighted by atomic mass is 10.2. The second-order valence-electron chi connectivity index (χ2n) is 6.44. The van der Waals surface area contributed by atoms with Gasteiger partial charge in [-0.15, -0.1) is 11.3 Å². The van der Waals surface area contributed by atoms with E-state index in [4.69, 9.17) is 11.6 Å². The zero-order valence-electron chi connectivity index (χ0n) is 14.3. The number of halogens is 1. The summed E-state index contributed by atoms with van der Waals surface area (Å²) < 4.78 is 2.92. The first-order chi connectivity index (χ1) is 12.7. The molecule has 0 saturated carbocycles. The van der Waals surface area contributed by atoms with Crippen LogP contribution in [0.5, 0.6) is 0 Å². The molecule has 0 radical (unpaired) electrons. The van der Waals surface area contributed by atoms with Crippen molar-refractivity contribution in [1.29, 1.82) is 0 Å². The fourth-order valence-electron chi connectivity index (χ4n) is 3.27. The molecule has 8 heteroatoms. The molecule has 3 heterocycles. The van der Waals surface area contributed by atoms with Crippen LogP contribution in [0.4, 0.5) is 0 Å². The Labute approximate surface area is 161 Å². The number of carbonyl (C=O) groups is 1. The van der Waals surface area contributed by atoms with Crippen LogP contribution in [0.15, 0.2) is 36.1 Å². The lowest BCUT2D eigenvalue weighted by Crippen LogP contribution is -2.36. The number of carbonyl (C=O) groups excluding carboxylic acids is 1. The van der Waals surface area contributed by atoms with Gasteiger partial charge in [-0.1, -0.05) is 11.6 Å². The van der Waals surface area contributed by atoms with Crippen LogP contribution in [0.2, 0.25) is 5.02 Å². The van der Waals surface area contributed by atoms with Crippen molar-refractivity contribution in [2.24, 2.45) is 0 Å². The number of nitrogens with zero attached hydrogens (tertiary/aromatic N) is 5. The minimum Gasteiger partial charge on any atom is -0.337 e.